The first-order chi connectivity index (χ1) is 8.81. The molecule has 1 aromatic carbocycles. The fourth-order valence-electron chi connectivity index (χ4n) is 1.98. The predicted molar refractivity (Wildman–Crippen MR) is 69.1 cm³/mol. The van der Waals surface area contributed by atoms with Gasteiger partial charge in [0.2, 0.25) is 0 Å². The predicted octanol–water partition coefficient (Wildman–Crippen LogP) is 1.47. The monoisotopic (exact) mass is 240 g/mol. The highest BCUT2D eigenvalue weighted by Gasteiger charge is 2.12. The van der Waals surface area contributed by atoms with Crippen LogP contribution in [0.3, 0.4) is 0 Å². The number of anilines is 1. The molecule has 3 aromatic rings. The summed E-state index contributed by atoms with van der Waals surface area (Å²) < 4.78 is 1.69. The number of benzene rings is 1. The number of hydrogen-bond acceptors (Lipinski definition) is 5. The molecular formula is C12H12N6. The number of nitrogens with one attached hydrogen (secondary N) is 1. The molecule has 3 rings (SSSR count). The van der Waals surface area contributed by atoms with E-state index in [0.29, 0.717) is 0 Å². The van der Waals surface area contributed by atoms with E-state index in [1.807, 2.05) is 38.4 Å². The van der Waals surface area contributed by atoms with Crippen LogP contribution in [0.1, 0.15) is 0 Å². The molecule has 0 saturated heterocycles. The maximum absolute atomic E-state index is 4.27. The average Bonchev–Trinajstić information content (AvgIpc) is 2.83. The second kappa shape index (κ2) is 4.06. The van der Waals surface area contributed by atoms with Crippen LogP contribution in [-0.4, -0.2) is 32.2 Å². The van der Waals surface area contributed by atoms with Crippen molar-refractivity contribution in [1.82, 2.24) is 25.2 Å². The van der Waals surface area contributed by atoms with Gasteiger partial charge in [-0.2, -0.15) is 0 Å². The molecule has 0 aliphatic carbocycles. The molecule has 2 aromatic heterocycles. The normalized spacial score (nSPS) is 10.8. The molecule has 6 nitrogen and oxygen atoms in total. The van der Waals surface area contributed by atoms with Crippen LogP contribution in [0, 0.1) is 0 Å². The van der Waals surface area contributed by atoms with Crippen LogP contribution < -0.4 is 5.32 Å². The fraction of sp³-hybridized carbons (Fsp3) is 0.167. The topological polar surface area (TPSA) is 68.5 Å². The van der Waals surface area contributed by atoms with E-state index in [1.54, 1.807) is 10.9 Å². The first kappa shape index (κ1) is 10.6. The van der Waals surface area contributed by atoms with E-state index < -0.39 is 0 Å². The second-order valence-corrected chi connectivity index (χ2v) is 3.94. The van der Waals surface area contributed by atoms with Gasteiger partial charge in [0.05, 0.1) is 6.20 Å². The van der Waals surface area contributed by atoms with Crippen LogP contribution in [0.25, 0.3) is 22.2 Å². The first-order valence-electron chi connectivity index (χ1n) is 5.59. The van der Waals surface area contributed by atoms with Gasteiger partial charge in [-0.25, -0.2) is 4.68 Å². The molecule has 0 unspecified atom stereocenters. The van der Waals surface area contributed by atoms with E-state index in [9.17, 15) is 0 Å². The van der Waals surface area contributed by atoms with Crippen molar-refractivity contribution in [2.24, 2.45) is 7.05 Å². The molecule has 0 fully saturated rings. The third kappa shape index (κ3) is 1.50. The zero-order valence-electron chi connectivity index (χ0n) is 10.1. The zero-order chi connectivity index (χ0) is 12.5. The number of nitrogens with zero attached hydrogens (tertiary/aromatic N) is 5. The van der Waals surface area contributed by atoms with Crippen molar-refractivity contribution in [1.29, 1.82) is 0 Å². The van der Waals surface area contributed by atoms with Gasteiger partial charge in [-0.3, -0.25) is 0 Å². The van der Waals surface area contributed by atoms with E-state index in [-0.39, 0.29) is 0 Å². The lowest BCUT2D eigenvalue weighted by Gasteiger charge is -2.08. The van der Waals surface area contributed by atoms with Crippen LogP contribution in [0.4, 0.5) is 5.82 Å². The molecular weight excluding hydrogens is 228 g/mol. The first-order valence-corrected chi connectivity index (χ1v) is 5.59. The highest BCUT2D eigenvalue weighted by atomic mass is 15.4. The van der Waals surface area contributed by atoms with Gasteiger partial charge in [0, 0.05) is 24.9 Å². The molecule has 6 heteroatoms. The number of aryl methyl sites for hydroxylation is 1. The van der Waals surface area contributed by atoms with Crippen LogP contribution >= 0.6 is 0 Å². The lowest BCUT2D eigenvalue weighted by Crippen LogP contribution is -2.01. The molecule has 0 saturated carbocycles. The van der Waals surface area contributed by atoms with Gasteiger partial charge in [-0.1, -0.05) is 29.5 Å². The number of rotatable bonds is 2. The minimum atomic E-state index is 0.768. The summed E-state index contributed by atoms with van der Waals surface area (Å²) in [5, 5.41) is 21.4. The van der Waals surface area contributed by atoms with Crippen LogP contribution in [0.2, 0.25) is 0 Å². The van der Waals surface area contributed by atoms with E-state index in [1.165, 1.54) is 0 Å². The number of fused-ring (bicyclic) bond motifs is 1. The third-order valence-corrected chi connectivity index (χ3v) is 2.88. The lowest BCUT2D eigenvalue weighted by molar-refractivity contribution is 0.718. The Morgan fingerprint density at radius 1 is 1.11 bits per heavy atom. The Labute approximate surface area is 104 Å². The number of aromatic nitrogens is 5. The summed E-state index contributed by atoms with van der Waals surface area (Å²) in [5.74, 6) is 0.768. The molecule has 2 heterocycles. The van der Waals surface area contributed by atoms with E-state index >= 15 is 0 Å². The molecule has 18 heavy (non-hydrogen) atoms. The summed E-state index contributed by atoms with van der Waals surface area (Å²) in [6, 6.07) is 8.00. The maximum atomic E-state index is 4.27. The Balaban J connectivity index is 2.35. The van der Waals surface area contributed by atoms with Gasteiger partial charge < -0.3 is 5.32 Å². The van der Waals surface area contributed by atoms with Gasteiger partial charge in [0.1, 0.15) is 11.4 Å². The minimum Gasteiger partial charge on any atom is -0.371 e. The van der Waals surface area contributed by atoms with Gasteiger partial charge in [-0.15, -0.1) is 15.3 Å². The van der Waals surface area contributed by atoms with Crippen LogP contribution in [0.5, 0.6) is 0 Å². The van der Waals surface area contributed by atoms with Crippen LogP contribution in [0.15, 0.2) is 30.5 Å². The smallest absolute Gasteiger partial charge is 0.156 e. The Morgan fingerprint density at radius 3 is 2.56 bits per heavy atom. The van der Waals surface area contributed by atoms with Gasteiger partial charge in [0.25, 0.3) is 0 Å². The largest absolute Gasteiger partial charge is 0.371 e. The van der Waals surface area contributed by atoms with Crippen molar-refractivity contribution in [2.45, 2.75) is 0 Å². The van der Waals surface area contributed by atoms with Gasteiger partial charge >= 0.3 is 0 Å². The number of hydrogen-bond donors (Lipinski definition) is 1. The molecule has 0 radical (unpaired) electrons. The molecule has 0 bridgehead atoms. The lowest BCUT2D eigenvalue weighted by atomic mass is 10.1. The summed E-state index contributed by atoms with van der Waals surface area (Å²) in [4.78, 5) is 0. The second-order valence-electron chi connectivity index (χ2n) is 3.94. The Bertz CT molecular complexity index is 703. The summed E-state index contributed by atoms with van der Waals surface area (Å²) in [5.41, 5.74) is 1.64. The Kier molecular flexibility index (Phi) is 2.40. The summed E-state index contributed by atoms with van der Waals surface area (Å²) in [7, 11) is 3.67. The third-order valence-electron chi connectivity index (χ3n) is 2.88. The highest BCUT2D eigenvalue weighted by molar-refractivity contribution is 5.99. The van der Waals surface area contributed by atoms with E-state index in [4.69, 9.17) is 0 Å². The molecule has 0 atom stereocenters. The quantitative estimate of drug-likeness (QED) is 0.734. The van der Waals surface area contributed by atoms with Crippen LogP contribution in [-0.2, 0) is 7.05 Å². The molecule has 0 spiro atoms. The standard InChI is InChI=1S/C12H12N6/c1-13-12-9-6-4-3-5-8(9)11(15-16-12)10-7-14-17-18(10)2/h3-7H,1-2H3,(H,13,16). The van der Waals surface area contributed by atoms with Gasteiger partial charge in [0.15, 0.2) is 5.82 Å². The molecule has 0 amide bonds. The molecule has 0 aliphatic heterocycles. The molecule has 0 aliphatic rings. The highest BCUT2D eigenvalue weighted by Crippen LogP contribution is 2.28. The van der Waals surface area contributed by atoms with Crippen molar-refractivity contribution in [3.8, 4) is 11.4 Å². The van der Waals surface area contributed by atoms with E-state index in [2.05, 4.69) is 25.8 Å². The SMILES string of the molecule is CNc1nnc(-c2cnnn2C)c2ccccc12. The zero-order valence-corrected chi connectivity index (χ0v) is 10.1. The summed E-state index contributed by atoms with van der Waals surface area (Å²) >= 11 is 0. The van der Waals surface area contributed by atoms with Crippen molar-refractivity contribution >= 4 is 16.6 Å². The van der Waals surface area contributed by atoms with Crippen molar-refractivity contribution in [2.75, 3.05) is 12.4 Å². The van der Waals surface area contributed by atoms with Crippen molar-refractivity contribution in [3.05, 3.63) is 30.5 Å². The minimum absolute atomic E-state index is 0.768. The van der Waals surface area contributed by atoms with E-state index in [0.717, 1.165) is 28.0 Å². The molecule has 1 N–H and O–H groups in total. The van der Waals surface area contributed by atoms with Gasteiger partial charge in [-0.05, 0) is 0 Å². The Morgan fingerprint density at radius 2 is 1.89 bits per heavy atom. The summed E-state index contributed by atoms with van der Waals surface area (Å²) in [6.07, 6.45) is 1.69. The average molecular weight is 240 g/mol. The molecule has 90 valence electrons. The maximum Gasteiger partial charge on any atom is 0.156 e. The van der Waals surface area contributed by atoms with Crippen molar-refractivity contribution < 1.29 is 0 Å². The van der Waals surface area contributed by atoms with Crippen molar-refractivity contribution in [3.63, 3.8) is 0 Å². The summed E-state index contributed by atoms with van der Waals surface area (Å²) in [6.45, 7) is 0. The fourth-order valence-corrected chi connectivity index (χ4v) is 1.98. The Hall–Kier alpha value is -2.50.